The van der Waals surface area contributed by atoms with Gasteiger partial charge in [0.25, 0.3) is 5.91 Å². The average Bonchev–Trinajstić information content (AvgIpc) is 2.54. The number of para-hydroxylation sites is 1. The quantitative estimate of drug-likeness (QED) is 0.653. The van der Waals surface area contributed by atoms with Gasteiger partial charge >= 0.3 is 0 Å². The SMILES string of the molecule is CC(C)/C=N\NC(=O)c1ccccc1OCc1ccccc1. The molecule has 0 saturated carbocycles. The minimum atomic E-state index is -0.277. The number of ether oxygens (including phenoxy) is 1. The van der Waals surface area contributed by atoms with E-state index in [2.05, 4.69) is 10.5 Å². The largest absolute Gasteiger partial charge is 0.488 e. The molecule has 4 heteroatoms. The van der Waals surface area contributed by atoms with Crippen LogP contribution in [0.15, 0.2) is 59.7 Å². The fourth-order valence-corrected chi connectivity index (χ4v) is 1.82. The van der Waals surface area contributed by atoms with Crippen molar-refractivity contribution in [2.45, 2.75) is 20.5 Å². The van der Waals surface area contributed by atoms with Crippen LogP contribution >= 0.6 is 0 Å². The van der Waals surface area contributed by atoms with E-state index in [-0.39, 0.29) is 11.8 Å². The Kier molecular flexibility index (Phi) is 5.72. The van der Waals surface area contributed by atoms with Crippen LogP contribution in [0.5, 0.6) is 5.75 Å². The molecule has 2 rings (SSSR count). The van der Waals surface area contributed by atoms with Crippen molar-refractivity contribution in [1.82, 2.24) is 5.43 Å². The molecule has 4 nitrogen and oxygen atoms in total. The number of rotatable bonds is 6. The molecule has 0 aliphatic carbocycles. The molecule has 1 N–H and O–H groups in total. The molecule has 2 aromatic rings. The first-order valence-corrected chi connectivity index (χ1v) is 7.26. The van der Waals surface area contributed by atoms with Crippen molar-refractivity contribution in [3.63, 3.8) is 0 Å². The Hall–Kier alpha value is -2.62. The zero-order valence-corrected chi connectivity index (χ0v) is 12.8. The first kappa shape index (κ1) is 15.8. The van der Waals surface area contributed by atoms with Crippen LogP contribution in [0.2, 0.25) is 0 Å². The molecule has 0 aliphatic heterocycles. The van der Waals surface area contributed by atoms with Gasteiger partial charge in [0.2, 0.25) is 0 Å². The van der Waals surface area contributed by atoms with Gasteiger partial charge in [0, 0.05) is 6.21 Å². The summed E-state index contributed by atoms with van der Waals surface area (Å²) in [6.07, 6.45) is 1.69. The smallest absolute Gasteiger partial charge is 0.275 e. The summed E-state index contributed by atoms with van der Waals surface area (Å²) < 4.78 is 5.76. The molecule has 0 heterocycles. The molecule has 0 aromatic heterocycles. The lowest BCUT2D eigenvalue weighted by Gasteiger charge is -2.10. The Morgan fingerprint density at radius 3 is 2.55 bits per heavy atom. The molecule has 0 bridgehead atoms. The van der Waals surface area contributed by atoms with E-state index in [0.717, 1.165) is 5.56 Å². The maximum Gasteiger partial charge on any atom is 0.275 e. The summed E-state index contributed by atoms with van der Waals surface area (Å²) in [7, 11) is 0. The average molecular weight is 296 g/mol. The molecule has 1 amide bonds. The Balaban J connectivity index is 2.04. The van der Waals surface area contributed by atoms with E-state index in [1.807, 2.05) is 50.2 Å². The van der Waals surface area contributed by atoms with Gasteiger partial charge < -0.3 is 4.74 Å². The predicted molar refractivity (Wildman–Crippen MR) is 88.0 cm³/mol. The van der Waals surface area contributed by atoms with E-state index >= 15 is 0 Å². The van der Waals surface area contributed by atoms with Crippen molar-refractivity contribution < 1.29 is 9.53 Å². The van der Waals surface area contributed by atoms with Crippen LogP contribution in [0.25, 0.3) is 0 Å². The summed E-state index contributed by atoms with van der Waals surface area (Å²) in [6, 6.07) is 17.0. The van der Waals surface area contributed by atoms with Crippen molar-refractivity contribution in [2.75, 3.05) is 0 Å². The summed E-state index contributed by atoms with van der Waals surface area (Å²) in [5.41, 5.74) is 4.04. The number of nitrogens with zero attached hydrogens (tertiary/aromatic N) is 1. The predicted octanol–water partition coefficient (Wildman–Crippen LogP) is 3.64. The highest BCUT2D eigenvalue weighted by Gasteiger charge is 2.11. The second kappa shape index (κ2) is 7.98. The number of nitrogens with one attached hydrogen (secondary N) is 1. The van der Waals surface area contributed by atoms with Crippen LogP contribution in [0.3, 0.4) is 0 Å². The van der Waals surface area contributed by atoms with Crippen LogP contribution in [-0.2, 0) is 6.61 Å². The molecular weight excluding hydrogens is 276 g/mol. The number of hydrazone groups is 1. The van der Waals surface area contributed by atoms with E-state index in [1.54, 1.807) is 24.4 Å². The third-order valence-corrected chi connectivity index (χ3v) is 2.91. The number of carbonyl (C=O) groups excluding carboxylic acids is 1. The number of amides is 1. The molecule has 2 aromatic carbocycles. The second-order valence-corrected chi connectivity index (χ2v) is 5.23. The zero-order valence-electron chi connectivity index (χ0n) is 12.8. The summed E-state index contributed by atoms with van der Waals surface area (Å²) in [5.74, 6) is 0.550. The standard InChI is InChI=1S/C18H20N2O2/c1-14(2)12-19-20-18(21)16-10-6-7-11-17(16)22-13-15-8-4-3-5-9-15/h3-12,14H,13H2,1-2H3,(H,20,21)/b19-12-. The molecule has 0 unspecified atom stereocenters. The van der Waals surface area contributed by atoms with E-state index < -0.39 is 0 Å². The van der Waals surface area contributed by atoms with Crippen molar-refractivity contribution in [1.29, 1.82) is 0 Å². The van der Waals surface area contributed by atoms with Gasteiger partial charge in [0.05, 0.1) is 5.56 Å². The summed E-state index contributed by atoms with van der Waals surface area (Å²) in [5, 5.41) is 3.93. The molecule has 0 saturated heterocycles. The molecule has 114 valence electrons. The summed E-state index contributed by atoms with van der Waals surface area (Å²) in [4.78, 5) is 12.2. The van der Waals surface area contributed by atoms with E-state index in [4.69, 9.17) is 4.74 Å². The van der Waals surface area contributed by atoms with E-state index in [1.165, 1.54) is 0 Å². The minimum absolute atomic E-state index is 0.277. The maximum absolute atomic E-state index is 12.2. The van der Waals surface area contributed by atoms with Gasteiger partial charge in [0.1, 0.15) is 12.4 Å². The fourth-order valence-electron chi connectivity index (χ4n) is 1.82. The first-order chi connectivity index (χ1) is 10.7. The minimum Gasteiger partial charge on any atom is -0.488 e. The highest BCUT2D eigenvalue weighted by molar-refractivity contribution is 5.97. The van der Waals surface area contributed by atoms with Crippen molar-refractivity contribution in [3.8, 4) is 5.75 Å². The van der Waals surface area contributed by atoms with Crippen LogP contribution in [0.1, 0.15) is 29.8 Å². The van der Waals surface area contributed by atoms with Gasteiger partial charge in [-0.3, -0.25) is 4.79 Å². The van der Waals surface area contributed by atoms with Crippen molar-refractivity contribution >= 4 is 12.1 Å². The Bertz CT molecular complexity index is 637. The number of hydrogen-bond donors (Lipinski definition) is 1. The summed E-state index contributed by atoms with van der Waals surface area (Å²) in [6.45, 7) is 4.40. The monoisotopic (exact) mass is 296 g/mol. The third kappa shape index (κ3) is 4.74. The Morgan fingerprint density at radius 1 is 1.14 bits per heavy atom. The van der Waals surface area contributed by atoms with Crippen LogP contribution in [0, 0.1) is 5.92 Å². The molecule has 0 aliphatic rings. The maximum atomic E-state index is 12.2. The van der Waals surface area contributed by atoms with Gasteiger partial charge in [-0.15, -0.1) is 0 Å². The Labute approximate surface area is 130 Å². The van der Waals surface area contributed by atoms with Gasteiger partial charge in [-0.25, -0.2) is 5.43 Å². The van der Waals surface area contributed by atoms with E-state index in [0.29, 0.717) is 17.9 Å². The second-order valence-electron chi connectivity index (χ2n) is 5.23. The van der Waals surface area contributed by atoms with E-state index in [9.17, 15) is 4.79 Å². The van der Waals surface area contributed by atoms with Gasteiger partial charge in [0.15, 0.2) is 0 Å². The highest BCUT2D eigenvalue weighted by Crippen LogP contribution is 2.19. The molecular formula is C18H20N2O2. The zero-order chi connectivity index (χ0) is 15.8. The van der Waals surface area contributed by atoms with Crippen molar-refractivity contribution in [3.05, 3.63) is 65.7 Å². The third-order valence-electron chi connectivity index (χ3n) is 2.91. The van der Waals surface area contributed by atoms with Crippen LogP contribution < -0.4 is 10.2 Å². The Morgan fingerprint density at radius 2 is 1.82 bits per heavy atom. The van der Waals surface area contributed by atoms with Gasteiger partial charge in [-0.05, 0) is 23.6 Å². The molecule has 0 spiro atoms. The molecule has 22 heavy (non-hydrogen) atoms. The molecule has 0 atom stereocenters. The lowest BCUT2D eigenvalue weighted by Crippen LogP contribution is -2.19. The summed E-state index contributed by atoms with van der Waals surface area (Å²) >= 11 is 0. The first-order valence-electron chi connectivity index (χ1n) is 7.26. The number of carbonyl (C=O) groups is 1. The fraction of sp³-hybridized carbons (Fsp3) is 0.222. The molecule has 0 fully saturated rings. The number of benzene rings is 2. The lowest BCUT2D eigenvalue weighted by molar-refractivity contribution is 0.0950. The lowest BCUT2D eigenvalue weighted by atomic mass is 10.2. The van der Waals surface area contributed by atoms with Gasteiger partial charge in [-0.2, -0.15) is 5.10 Å². The highest BCUT2D eigenvalue weighted by atomic mass is 16.5. The number of hydrogen-bond acceptors (Lipinski definition) is 3. The van der Waals surface area contributed by atoms with Crippen LogP contribution in [-0.4, -0.2) is 12.1 Å². The van der Waals surface area contributed by atoms with Crippen LogP contribution in [0.4, 0.5) is 0 Å². The molecule has 0 radical (unpaired) electrons. The topological polar surface area (TPSA) is 50.7 Å². The van der Waals surface area contributed by atoms with Crippen molar-refractivity contribution in [2.24, 2.45) is 11.0 Å². The van der Waals surface area contributed by atoms with Gasteiger partial charge in [-0.1, -0.05) is 56.3 Å². The normalized spacial score (nSPS) is 10.9.